The van der Waals surface area contributed by atoms with Crippen LogP contribution in [0.15, 0.2) is 24.3 Å². The zero-order valence-electron chi connectivity index (χ0n) is 12.3. The maximum Gasteiger partial charge on any atom is 0.227 e. The lowest BCUT2D eigenvalue weighted by atomic mass is 10.1. The number of rotatable bonds is 7. The standard InChI is InChI=1S/C16H23FN2O2/c17-13-4-6-14(7-5-13)19(11-2-10-18)16(20)9-8-15-3-1-12-21-15/h4-7,15H,1-3,8-12,18H2. The molecule has 4 nitrogen and oxygen atoms in total. The van der Waals surface area contributed by atoms with Gasteiger partial charge in [-0.15, -0.1) is 0 Å². The van der Waals surface area contributed by atoms with Crippen molar-refractivity contribution in [2.45, 2.75) is 38.2 Å². The summed E-state index contributed by atoms with van der Waals surface area (Å²) in [4.78, 5) is 14.1. The molecule has 1 heterocycles. The predicted molar refractivity (Wildman–Crippen MR) is 80.6 cm³/mol. The summed E-state index contributed by atoms with van der Waals surface area (Å²) < 4.78 is 18.6. The van der Waals surface area contributed by atoms with Gasteiger partial charge in [-0.1, -0.05) is 0 Å². The monoisotopic (exact) mass is 294 g/mol. The zero-order valence-corrected chi connectivity index (χ0v) is 12.3. The van der Waals surface area contributed by atoms with Gasteiger partial charge in [-0.3, -0.25) is 4.79 Å². The third-order valence-electron chi connectivity index (χ3n) is 3.73. The number of carbonyl (C=O) groups excluding carboxylic acids is 1. The molecule has 21 heavy (non-hydrogen) atoms. The van der Waals surface area contributed by atoms with Gasteiger partial charge in [-0.2, -0.15) is 0 Å². The van der Waals surface area contributed by atoms with Crippen LogP contribution in [0.5, 0.6) is 0 Å². The number of anilines is 1. The van der Waals surface area contributed by atoms with E-state index >= 15 is 0 Å². The molecule has 0 bridgehead atoms. The average molecular weight is 294 g/mol. The second-order valence-electron chi connectivity index (χ2n) is 5.34. The fourth-order valence-electron chi connectivity index (χ4n) is 2.56. The summed E-state index contributed by atoms with van der Waals surface area (Å²) in [5, 5.41) is 0. The van der Waals surface area contributed by atoms with E-state index in [1.807, 2.05) is 0 Å². The summed E-state index contributed by atoms with van der Waals surface area (Å²) in [5.41, 5.74) is 6.26. The minimum absolute atomic E-state index is 0.0468. The SMILES string of the molecule is NCCCN(C(=O)CCC1CCCO1)c1ccc(F)cc1. The summed E-state index contributed by atoms with van der Waals surface area (Å²) in [6.45, 7) is 1.89. The number of hydrogen-bond donors (Lipinski definition) is 1. The Labute approximate surface area is 125 Å². The van der Waals surface area contributed by atoms with Crippen LogP contribution in [0.25, 0.3) is 0 Å². The summed E-state index contributed by atoms with van der Waals surface area (Å²) in [6.07, 6.45) is 4.24. The molecule has 1 fully saturated rings. The van der Waals surface area contributed by atoms with Crippen LogP contribution in [0.4, 0.5) is 10.1 Å². The molecule has 1 aromatic carbocycles. The Bertz CT molecular complexity index is 444. The zero-order chi connectivity index (χ0) is 15.1. The fourth-order valence-corrected chi connectivity index (χ4v) is 2.56. The average Bonchev–Trinajstić information content (AvgIpc) is 3.00. The molecule has 1 amide bonds. The maximum absolute atomic E-state index is 13.0. The number of nitrogens with zero attached hydrogens (tertiary/aromatic N) is 1. The molecule has 1 aliphatic rings. The second kappa shape index (κ2) is 8.10. The van der Waals surface area contributed by atoms with E-state index < -0.39 is 0 Å². The van der Waals surface area contributed by atoms with Crippen molar-refractivity contribution in [2.24, 2.45) is 5.73 Å². The molecule has 0 aromatic heterocycles. The first-order chi connectivity index (χ1) is 10.2. The van der Waals surface area contributed by atoms with E-state index in [2.05, 4.69) is 0 Å². The molecule has 1 unspecified atom stereocenters. The van der Waals surface area contributed by atoms with Gasteiger partial charge in [0.25, 0.3) is 0 Å². The molecule has 116 valence electrons. The number of carbonyl (C=O) groups is 1. The lowest BCUT2D eigenvalue weighted by Crippen LogP contribution is -2.33. The van der Waals surface area contributed by atoms with Gasteiger partial charge < -0.3 is 15.4 Å². The smallest absolute Gasteiger partial charge is 0.227 e. The summed E-state index contributed by atoms with van der Waals surface area (Å²) in [5.74, 6) is -0.255. The maximum atomic E-state index is 13.0. The van der Waals surface area contributed by atoms with Crippen molar-refractivity contribution >= 4 is 11.6 Å². The molecule has 5 heteroatoms. The van der Waals surface area contributed by atoms with Crippen molar-refractivity contribution in [2.75, 3.05) is 24.6 Å². The van der Waals surface area contributed by atoms with Crippen LogP contribution in [-0.4, -0.2) is 31.7 Å². The Kier molecular flexibility index (Phi) is 6.14. The first-order valence-electron chi connectivity index (χ1n) is 7.58. The molecule has 0 spiro atoms. The van der Waals surface area contributed by atoms with E-state index in [-0.39, 0.29) is 17.8 Å². The van der Waals surface area contributed by atoms with Crippen LogP contribution in [0.3, 0.4) is 0 Å². The lowest BCUT2D eigenvalue weighted by molar-refractivity contribution is -0.119. The summed E-state index contributed by atoms with van der Waals surface area (Å²) in [7, 11) is 0. The van der Waals surface area contributed by atoms with Crippen molar-refractivity contribution in [1.82, 2.24) is 0 Å². The molecule has 0 radical (unpaired) electrons. The molecule has 1 aliphatic heterocycles. The molecule has 0 saturated carbocycles. The Morgan fingerprint density at radius 2 is 2.14 bits per heavy atom. The van der Waals surface area contributed by atoms with Gasteiger partial charge in [0.05, 0.1) is 6.10 Å². The van der Waals surface area contributed by atoms with Crippen LogP contribution >= 0.6 is 0 Å². The number of halogens is 1. The van der Waals surface area contributed by atoms with Crippen molar-refractivity contribution in [1.29, 1.82) is 0 Å². The van der Waals surface area contributed by atoms with Crippen LogP contribution in [0.1, 0.15) is 32.1 Å². The lowest BCUT2D eigenvalue weighted by Gasteiger charge is -2.23. The number of nitrogens with two attached hydrogens (primary N) is 1. The summed E-state index contributed by atoms with van der Waals surface area (Å²) >= 11 is 0. The van der Waals surface area contributed by atoms with Gasteiger partial charge in [0, 0.05) is 25.3 Å². The third-order valence-corrected chi connectivity index (χ3v) is 3.73. The van der Waals surface area contributed by atoms with Crippen LogP contribution in [-0.2, 0) is 9.53 Å². The number of benzene rings is 1. The highest BCUT2D eigenvalue weighted by molar-refractivity contribution is 5.93. The quantitative estimate of drug-likeness (QED) is 0.840. The summed E-state index contributed by atoms with van der Waals surface area (Å²) in [6, 6.07) is 6.02. The number of amides is 1. The normalized spacial score (nSPS) is 17.9. The number of hydrogen-bond acceptors (Lipinski definition) is 3. The highest BCUT2D eigenvalue weighted by Gasteiger charge is 2.20. The van der Waals surface area contributed by atoms with Crippen LogP contribution in [0, 0.1) is 5.82 Å². The van der Waals surface area contributed by atoms with E-state index in [1.165, 1.54) is 12.1 Å². The van der Waals surface area contributed by atoms with Crippen molar-refractivity contribution in [3.05, 3.63) is 30.1 Å². The Morgan fingerprint density at radius 1 is 1.38 bits per heavy atom. The molecule has 1 atom stereocenters. The molecule has 1 saturated heterocycles. The molecule has 2 N–H and O–H groups in total. The van der Waals surface area contributed by atoms with Gasteiger partial charge in [0.2, 0.25) is 5.91 Å². The van der Waals surface area contributed by atoms with E-state index in [9.17, 15) is 9.18 Å². The van der Waals surface area contributed by atoms with Gasteiger partial charge in [-0.05, 0) is 56.5 Å². The molecular weight excluding hydrogens is 271 g/mol. The second-order valence-corrected chi connectivity index (χ2v) is 5.34. The molecule has 1 aromatic rings. The van der Waals surface area contributed by atoms with E-state index in [4.69, 9.17) is 10.5 Å². The van der Waals surface area contributed by atoms with E-state index in [0.29, 0.717) is 19.5 Å². The molecule has 0 aliphatic carbocycles. The van der Waals surface area contributed by atoms with Gasteiger partial charge in [0.15, 0.2) is 0 Å². The number of ether oxygens (including phenoxy) is 1. The van der Waals surface area contributed by atoms with Crippen LogP contribution in [0.2, 0.25) is 0 Å². The Morgan fingerprint density at radius 3 is 2.76 bits per heavy atom. The fraction of sp³-hybridized carbons (Fsp3) is 0.562. The van der Waals surface area contributed by atoms with Crippen molar-refractivity contribution < 1.29 is 13.9 Å². The Hall–Kier alpha value is -1.46. The van der Waals surface area contributed by atoms with E-state index in [1.54, 1.807) is 17.0 Å². The minimum Gasteiger partial charge on any atom is -0.378 e. The van der Waals surface area contributed by atoms with Gasteiger partial charge in [0.1, 0.15) is 5.82 Å². The first kappa shape index (κ1) is 15.9. The topological polar surface area (TPSA) is 55.6 Å². The van der Waals surface area contributed by atoms with Gasteiger partial charge in [-0.25, -0.2) is 4.39 Å². The van der Waals surface area contributed by atoms with E-state index in [0.717, 1.165) is 38.0 Å². The first-order valence-corrected chi connectivity index (χ1v) is 7.58. The largest absolute Gasteiger partial charge is 0.378 e. The third kappa shape index (κ3) is 4.79. The predicted octanol–water partition coefficient (Wildman–Crippen LogP) is 2.47. The van der Waals surface area contributed by atoms with Crippen LogP contribution < -0.4 is 10.6 Å². The molecule has 2 rings (SSSR count). The molecular formula is C16H23FN2O2. The highest BCUT2D eigenvalue weighted by atomic mass is 19.1. The van der Waals surface area contributed by atoms with Crippen molar-refractivity contribution in [3.8, 4) is 0 Å². The van der Waals surface area contributed by atoms with Crippen molar-refractivity contribution in [3.63, 3.8) is 0 Å². The Balaban J connectivity index is 1.96. The minimum atomic E-state index is -0.302. The highest BCUT2D eigenvalue weighted by Crippen LogP contribution is 2.20. The van der Waals surface area contributed by atoms with Gasteiger partial charge >= 0.3 is 0 Å².